The Bertz CT molecular complexity index is 582. The molecule has 1 aliphatic heterocycles. The first-order valence-corrected chi connectivity index (χ1v) is 8.84. The van der Waals surface area contributed by atoms with Crippen LogP contribution in [-0.4, -0.2) is 43.7 Å². The number of hydrogen-bond acceptors (Lipinski definition) is 5. The van der Waals surface area contributed by atoms with E-state index in [0.29, 0.717) is 19.6 Å². The van der Waals surface area contributed by atoms with Crippen LogP contribution >= 0.6 is 0 Å². The summed E-state index contributed by atoms with van der Waals surface area (Å²) < 4.78 is 40.6. The zero-order chi connectivity index (χ0) is 17.7. The van der Waals surface area contributed by atoms with E-state index >= 15 is 0 Å². The standard InChI is InChI=1S/C9H18O3.C7H8O3S/c1-8(2)6-11-9(3,4-5-10)12-7-8;1-6-2-4-7(5-3-6)11(8,9)10/h10H,4-7H2,1-3H3;2-5H,1H3,(H,8,9,10). The Morgan fingerprint density at radius 1 is 1.09 bits per heavy atom. The number of aryl methyl sites for hydroxylation is 1. The first-order chi connectivity index (χ1) is 10.5. The molecule has 2 rings (SSSR count). The molecule has 23 heavy (non-hydrogen) atoms. The summed E-state index contributed by atoms with van der Waals surface area (Å²) in [5, 5.41) is 8.75. The van der Waals surface area contributed by atoms with Crippen molar-refractivity contribution in [2.24, 2.45) is 5.41 Å². The highest BCUT2D eigenvalue weighted by atomic mass is 32.2. The molecule has 0 aliphatic carbocycles. The summed E-state index contributed by atoms with van der Waals surface area (Å²) in [4.78, 5) is -0.0666. The number of aliphatic hydroxyl groups excluding tert-OH is 1. The van der Waals surface area contributed by atoms with Crippen LogP contribution in [0.25, 0.3) is 0 Å². The molecule has 1 fully saturated rings. The second-order valence-corrected chi connectivity index (χ2v) is 8.06. The van der Waals surface area contributed by atoms with E-state index in [-0.39, 0.29) is 16.9 Å². The average Bonchev–Trinajstić information content (AvgIpc) is 2.43. The third kappa shape index (κ3) is 6.97. The van der Waals surface area contributed by atoms with Gasteiger partial charge >= 0.3 is 0 Å². The average molecular weight is 346 g/mol. The molecule has 0 saturated carbocycles. The Labute approximate surface area is 138 Å². The number of rotatable bonds is 3. The van der Waals surface area contributed by atoms with Gasteiger partial charge in [0.15, 0.2) is 5.79 Å². The van der Waals surface area contributed by atoms with Crippen molar-refractivity contribution >= 4 is 10.1 Å². The predicted molar refractivity (Wildman–Crippen MR) is 86.8 cm³/mol. The van der Waals surface area contributed by atoms with E-state index in [1.807, 2.05) is 13.8 Å². The van der Waals surface area contributed by atoms with Crippen molar-refractivity contribution in [2.75, 3.05) is 19.8 Å². The number of aliphatic hydroxyl groups is 1. The molecule has 1 aromatic carbocycles. The Balaban J connectivity index is 0.000000231. The highest BCUT2D eigenvalue weighted by molar-refractivity contribution is 7.85. The Hall–Kier alpha value is -0.990. The van der Waals surface area contributed by atoms with Gasteiger partial charge in [0, 0.05) is 18.4 Å². The number of hydrogen-bond donors (Lipinski definition) is 2. The van der Waals surface area contributed by atoms with Crippen molar-refractivity contribution in [3.05, 3.63) is 29.8 Å². The fourth-order valence-corrected chi connectivity index (χ4v) is 2.32. The maximum Gasteiger partial charge on any atom is 0.294 e. The Morgan fingerprint density at radius 3 is 1.96 bits per heavy atom. The lowest BCUT2D eigenvalue weighted by Crippen LogP contribution is -2.46. The molecule has 0 radical (unpaired) electrons. The van der Waals surface area contributed by atoms with E-state index in [1.54, 1.807) is 12.1 Å². The third-order valence-electron chi connectivity index (χ3n) is 3.42. The summed E-state index contributed by atoms with van der Waals surface area (Å²) in [6, 6.07) is 5.99. The van der Waals surface area contributed by atoms with Crippen molar-refractivity contribution in [3.8, 4) is 0 Å². The predicted octanol–water partition coefficient (Wildman–Crippen LogP) is 2.40. The van der Waals surface area contributed by atoms with Gasteiger partial charge in [-0.15, -0.1) is 0 Å². The highest BCUT2D eigenvalue weighted by Crippen LogP contribution is 2.30. The topological polar surface area (TPSA) is 93.1 Å². The summed E-state index contributed by atoms with van der Waals surface area (Å²) in [7, 11) is -4.02. The SMILES string of the molecule is CC1(C)COC(C)(CCO)OC1.Cc1ccc(S(=O)(=O)O)cc1. The first kappa shape index (κ1) is 20.1. The van der Waals surface area contributed by atoms with E-state index in [2.05, 4.69) is 13.8 Å². The third-order valence-corrected chi connectivity index (χ3v) is 4.29. The maximum atomic E-state index is 10.5. The molecular weight excluding hydrogens is 320 g/mol. The van der Waals surface area contributed by atoms with Crippen molar-refractivity contribution in [1.29, 1.82) is 0 Å². The zero-order valence-corrected chi connectivity index (χ0v) is 14.9. The van der Waals surface area contributed by atoms with Gasteiger partial charge in [0.25, 0.3) is 10.1 Å². The van der Waals surface area contributed by atoms with Gasteiger partial charge < -0.3 is 14.6 Å². The van der Waals surface area contributed by atoms with Crippen LogP contribution in [0.4, 0.5) is 0 Å². The van der Waals surface area contributed by atoms with Crippen LogP contribution in [0.1, 0.15) is 32.8 Å². The van der Waals surface area contributed by atoms with Crippen molar-refractivity contribution in [3.63, 3.8) is 0 Å². The second kappa shape index (κ2) is 7.72. The van der Waals surface area contributed by atoms with Crippen molar-refractivity contribution in [2.45, 2.75) is 44.8 Å². The fraction of sp³-hybridized carbons (Fsp3) is 0.625. The number of benzene rings is 1. The van der Waals surface area contributed by atoms with E-state index in [4.69, 9.17) is 19.1 Å². The van der Waals surface area contributed by atoms with Crippen LogP contribution < -0.4 is 0 Å². The molecule has 1 heterocycles. The maximum absolute atomic E-state index is 10.5. The lowest BCUT2D eigenvalue weighted by Gasteiger charge is -2.41. The first-order valence-electron chi connectivity index (χ1n) is 7.40. The van der Waals surface area contributed by atoms with Crippen LogP contribution in [0.2, 0.25) is 0 Å². The van der Waals surface area contributed by atoms with E-state index in [9.17, 15) is 8.42 Å². The summed E-state index contributed by atoms with van der Waals surface area (Å²) in [6.07, 6.45) is 0.545. The Kier molecular flexibility index (Phi) is 6.73. The molecule has 0 unspecified atom stereocenters. The lowest BCUT2D eigenvalue weighted by atomic mass is 9.94. The zero-order valence-electron chi connectivity index (χ0n) is 14.1. The summed E-state index contributed by atoms with van der Waals surface area (Å²) in [5.41, 5.74) is 1.06. The van der Waals surface area contributed by atoms with Gasteiger partial charge in [-0.05, 0) is 26.0 Å². The van der Waals surface area contributed by atoms with Crippen LogP contribution in [0.15, 0.2) is 29.2 Å². The van der Waals surface area contributed by atoms with Gasteiger partial charge in [-0.1, -0.05) is 31.5 Å². The minimum absolute atomic E-state index is 0.0666. The van der Waals surface area contributed by atoms with E-state index < -0.39 is 15.9 Å². The molecule has 0 amide bonds. The lowest BCUT2D eigenvalue weighted by molar-refractivity contribution is -0.293. The van der Waals surface area contributed by atoms with Gasteiger partial charge in [0.1, 0.15) is 0 Å². The van der Waals surface area contributed by atoms with Crippen molar-refractivity contribution in [1.82, 2.24) is 0 Å². The molecule has 0 bridgehead atoms. The summed E-state index contributed by atoms with van der Waals surface area (Å²) in [5.74, 6) is -0.565. The molecule has 132 valence electrons. The van der Waals surface area contributed by atoms with Crippen molar-refractivity contribution < 1.29 is 27.6 Å². The van der Waals surface area contributed by atoms with E-state index in [1.165, 1.54) is 12.1 Å². The van der Waals surface area contributed by atoms with Gasteiger partial charge in [-0.3, -0.25) is 4.55 Å². The molecule has 1 aliphatic rings. The van der Waals surface area contributed by atoms with Gasteiger partial charge in [-0.2, -0.15) is 8.42 Å². The molecule has 0 atom stereocenters. The number of ether oxygens (including phenoxy) is 2. The fourth-order valence-electron chi connectivity index (χ4n) is 1.84. The molecule has 6 nitrogen and oxygen atoms in total. The Morgan fingerprint density at radius 2 is 1.57 bits per heavy atom. The minimum Gasteiger partial charge on any atom is -0.396 e. The highest BCUT2D eigenvalue weighted by Gasteiger charge is 2.36. The molecule has 0 spiro atoms. The summed E-state index contributed by atoms with van der Waals surface area (Å²) >= 11 is 0. The van der Waals surface area contributed by atoms with Gasteiger partial charge in [0.05, 0.1) is 18.1 Å². The van der Waals surface area contributed by atoms with Gasteiger partial charge in [-0.25, -0.2) is 0 Å². The quantitative estimate of drug-likeness (QED) is 0.817. The molecular formula is C16H26O6S. The largest absolute Gasteiger partial charge is 0.396 e. The molecule has 0 aromatic heterocycles. The molecule has 7 heteroatoms. The van der Waals surface area contributed by atoms with E-state index in [0.717, 1.165) is 5.56 Å². The second-order valence-electron chi connectivity index (χ2n) is 6.64. The smallest absolute Gasteiger partial charge is 0.294 e. The van der Waals surface area contributed by atoms with Gasteiger partial charge in [0.2, 0.25) is 0 Å². The monoisotopic (exact) mass is 346 g/mol. The van der Waals surface area contributed by atoms with Crippen LogP contribution in [-0.2, 0) is 19.6 Å². The van der Waals surface area contributed by atoms with Crippen LogP contribution in [0.3, 0.4) is 0 Å². The molecule has 2 N–H and O–H groups in total. The van der Waals surface area contributed by atoms with Crippen LogP contribution in [0.5, 0.6) is 0 Å². The summed E-state index contributed by atoms with van der Waals surface area (Å²) in [6.45, 7) is 9.42. The molecule has 1 aromatic rings. The minimum atomic E-state index is -4.02. The molecule has 1 saturated heterocycles. The van der Waals surface area contributed by atoms with Crippen LogP contribution in [0, 0.1) is 12.3 Å². The normalized spacial score (nSPS) is 19.6.